The van der Waals surface area contributed by atoms with Gasteiger partial charge in [-0.25, -0.2) is 0 Å². The molecular weight excluding hydrogens is 298 g/mol. The second-order valence-corrected chi connectivity index (χ2v) is 5.46. The lowest BCUT2D eigenvalue weighted by Gasteiger charge is -2.19. The monoisotopic (exact) mass is 319 g/mol. The summed E-state index contributed by atoms with van der Waals surface area (Å²) < 4.78 is 1.28. The van der Waals surface area contributed by atoms with Crippen LogP contribution in [0.3, 0.4) is 0 Å². The maximum Gasteiger partial charge on any atom is 0.303 e. The average molecular weight is 319 g/mol. The molecule has 120 valence electrons. The Morgan fingerprint density at radius 2 is 1.86 bits per heavy atom. The summed E-state index contributed by atoms with van der Waals surface area (Å²) in [5.74, 6) is -1.70. The van der Waals surface area contributed by atoms with Gasteiger partial charge in [-0.05, 0) is 12.8 Å². The third-order valence-corrected chi connectivity index (χ3v) is 3.25. The third-order valence-electron chi connectivity index (χ3n) is 2.39. The first-order chi connectivity index (χ1) is 9.86. The van der Waals surface area contributed by atoms with Crippen LogP contribution in [0.25, 0.3) is 0 Å². The quantitative estimate of drug-likeness (QED) is 0.394. The van der Waals surface area contributed by atoms with E-state index in [0.717, 1.165) is 11.9 Å². The lowest BCUT2D eigenvalue weighted by molar-refractivity contribution is -0.137. The van der Waals surface area contributed by atoms with Crippen LogP contribution in [-0.4, -0.2) is 51.9 Å². The van der Waals surface area contributed by atoms with Crippen LogP contribution in [0, 0.1) is 0 Å². The molecule has 0 fully saturated rings. The molecule has 0 aromatic carbocycles. The summed E-state index contributed by atoms with van der Waals surface area (Å²) in [6, 6.07) is 0. The lowest BCUT2D eigenvalue weighted by atomic mass is 10.2. The molecule has 0 radical (unpaired) electrons. The van der Waals surface area contributed by atoms with Gasteiger partial charge in [-0.15, -0.1) is 0 Å². The fraction of sp³-hybridized carbons (Fsp3) is 0.667. The lowest BCUT2D eigenvalue weighted by Crippen LogP contribution is -2.40. The van der Waals surface area contributed by atoms with E-state index in [1.807, 2.05) is 0 Å². The van der Waals surface area contributed by atoms with Gasteiger partial charge < -0.3 is 16.2 Å². The summed E-state index contributed by atoms with van der Waals surface area (Å²) in [6.45, 7) is 1.24. The minimum Gasteiger partial charge on any atom is -0.481 e. The maximum atomic E-state index is 11.9. The molecule has 0 aliphatic rings. The van der Waals surface area contributed by atoms with E-state index in [9.17, 15) is 19.2 Å². The summed E-state index contributed by atoms with van der Waals surface area (Å²) in [7, 11) is 0. The van der Waals surface area contributed by atoms with Crippen molar-refractivity contribution in [1.82, 2.24) is 9.62 Å². The van der Waals surface area contributed by atoms with Gasteiger partial charge in [0.2, 0.25) is 11.0 Å². The van der Waals surface area contributed by atoms with E-state index in [2.05, 4.69) is 5.32 Å². The summed E-state index contributed by atoms with van der Waals surface area (Å²) >= 11 is 0.777. The highest BCUT2D eigenvalue weighted by atomic mass is 32.2. The van der Waals surface area contributed by atoms with Crippen LogP contribution in [0.15, 0.2) is 0 Å². The Balaban J connectivity index is 4.18. The molecule has 0 aromatic heterocycles. The summed E-state index contributed by atoms with van der Waals surface area (Å²) in [5.41, 5.74) is 5.11. The Morgan fingerprint density at radius 1 is 1.19 bits per heavy atom. The van der Waals surface area contributed by atoms with Crippen molar-refractivity contribution in [2.24, 2.45) is 5.73 Å². The summed E-state index contributed by atoms with van der Waals surface area (Å²) in [5, 5.41) is 10.6. The number of carbonyl (C=O) groups excluding carboxylic acids is 3. The number of amides is 2. The fourth-order valence-electron chi connectivity index (χ4n) is 1.42. The Bertz CT molecular complexity index is 389. The van der Waals surface area contributed by atoms with Gasteiger partial charge in [-0.3, -0.25) is 23.5 Å². The van der Waals surface area contributed by atoms with E-state index in [1.165, 1.54) is 11.2 Å². The number of aliphatic carboxylic acids is 1. The Labute approximate surface area is 127 Å². The number of rotatable bonds is 9. The SMILES string of the molecule is CC(=O)SN(CCCCCC(=O)O)C(=O)CNC(=O)CN. The molecule has 2 amide bonds. The molecule has 0 saturated heterocycles. The summed E-state index contributed by atoms with van der Waals surface area (Å²) in [4.78, 5) is 44.3. The number of carbonyl (C=O) groups is 4. The fourth-order valence-corrected chi connectivity index (χ4v) is 2.12. The van der Waals surface area contributed by atoms with Gasteiger partial charge in [0, 0.05) is 31.8 Å². The molecule has 0 bridgehead atoms. The van der Waals surface area contributed by atoms with Crippen molar-refractivity contribution in [1.29, 1.82) is 0 Å². The highest BCUT2D eigenvalue weighted by molar-refractivity contribution is 8.11. The largest absolute Gasteiger partial charge is 0.481 e. The van der Waals surface area contributed by atoms with E-state index in [1.54, 1.807) is 0 Å². The van der Waals surface area contributed by atoms with Crippen LogP contribution in [-0.2, 0) is 19.2 Å². The molecule has 0 aliphatic heterocycles. The molecular formula is C12H21N3O5S. The highest BCUT2D eigenvalue weighted by Crippen LogP contribution is 2.13. The standard InChI is InChI=1S/C12H21N3O5S/c1-9(16)21-15(6-4-2-3-5-12(19)20)11(18)8-14-10(17)7-13/h2-8,13H2,1H3,(H,14,17)(H,19,20). The van der Waals surface area contributed by atoms with Gasteiger partial charge >= 0.3 is 5.97 Å². The van der Waals surface area contributed by atoms with Crippen LogP contribution in [0.4, 0.5) is 0 Å². The number of nitrogens with zero attached hydrogens (tertiary/aromatic N) is 1. The topological polar surface area (TPSA) is 130 Å². The van der Waals surface area contributed by atoms with Gasteiger partial charge in [-0.1, -0.05) is 6.42 Å². The molecule has 9 heteroatoms. The van der Waals surface area contributed by atoms with Gasteiger partial charge in [0.1, 0.15) is 0 Å². The molecule has 0 heterocycles. The average Bonchev–Trinajstić information content (AvgIpc) is 2.41. The van der Waals surface area contributed by atoms with Crippen LogP contribution >= 0.6 is 11.9 Å². The van der Waals surface area contributed by atoms with Crippen molar-refractivity contribution in [2.45, 2.75) is 32.6 Å². The minimum absolute atomic E-state index is 0.0837. The van der Waals surface area contributed by atoms with Crippen molar-refractivity contribution >= 4 is 34.8 Å². The minimum atomic E-state index is -0.856. The van der Waals surface area contributed by atoms with Gasteiger partial charge in [0.05, 0.1) is 13.1 Å². The predicted octanol–water partition coefficient (Wildman–Crippen LogP) is -0.270. The molecule has 0 aromatic rings. The zero-order valence-corrected chi connectivity index (χ0v) is 12.8. The van der Waals surface area contributed by atoms with Crippen LogP contribution in [0.5, 0.6) is 0 Å². The van der Waals surface area contributed by atoms with Crippen LogP contribution < -0.4 is 11.1 Å². The van der Waals surface area contributed by atoms with Gasteiger partial charge in [0.25, 0.3) is 5.91 Å². The zero-order chi connectivity index (χ0) is 16.3. The first kappa shape index (κ1) is 19.4. The number of nitrogens with two attached hydrogens (primary N) is 1. The third kappa shape index (κ3) is 10.8. The van der Waals surface area contributed by atoms with Crippen molar-refractivity contribution in [3.8, 4) is 0 Å². The van der Waals surface area contributed by atoms with E-state index >= 15 is 0 Å². The van der Waals surface area contributed by atoms with Gasteiger partial charge in [0.15, 0.2) is 0 Å². The number of nitrogens with one attached hydrogen (secondary N) is 1. The normalized spacial score (nSPS) is 10.0. The van der Waals surface area contributed by atoms with Gasteiger partial charge in [-0.2, -0.15) is 0 Å². The van der Waals surface area contributed by atoms with E-state index in [-0.39, 0.29) is 24.6 Å². The van der Waals surface area contributed by atoms with E-state index in [4.69, 9.17) is 10.8 Å². The molecule has 0 saturated carbocycles. The van der Waals surface area contributed by atoms with E-state index in [0.29, 0.717) is 25.8 Å². The molecule has 4 N–H and O–H groups in total. The molecule has 0 rings (SSSR count). The second-order valence-electron chi connectivity index (χ2n) is 4.26. The number of unbranched alkanes of at least 4 members (excludes halogenated alkanes) is 2. The molecule has 0 unspecified atom stereocenters. The number of carboxylic acid groups (broad SMARTS) is 1. The Hall–Kier alpha value is -1.61. The maximum absolute atomic E-state index is 11.9. The van der Waals surface area contributed by atoms with Crippen molar-refractivity contribution in [3.05, 3.63) is 0 Å². The highest BCUT2D eigenvalue weighted by Gasteiger charge is 2.16. The second kappa shape index (κ2) is 11.1. The first-order valence-corrected chi connectivity index (χ1v) is 7.31. The molecule has 0 atom stereocenters. The van der Waals surface area contributed by atoms with Crippen molar-refractivity contribution in [3.63, 3.8) is 0 Å². The summed E-state index contributed by atoms with van der Waals surface area (Å²) in [6.07, 6.45) is 1.83. The van der Waals surface area contributed by atoms with Crippen LogP contribution in [0.2, 0.25) is 0 Å². The van der Waals surface area contributed by atoms with Crippen LogP contribution in [0.1, 0.15) is 32.6 Å². The smallest absolute Gasteiger partial charge is 0.303 e. The van der Waals surface area contributed by atoms with Crippen molar-refractivity contribution < 1.29 is 24.3 Å². The Morgan fingerprint density at radius 3 is 2.38 bits per heavy atom. The zero-order valence-electron chi connectivity index (χ0n) is 12.0. The Kier molecular flexibility index (Phi) is 10.2. The first-order valence-electron chi connectivity index (χ1n) is 6.54. The van der Waals surface area contributed by atoms with E-state index < -0.39 is 17.8 Å². The number of carboxylic acids is 1. The number of hydrogen-bond acceptors (Lipinski definition) is 6. The molecule has 8 nitrogen and oxygen atoms in total. The molecule has 21 heavy (non-hydrogen) atoms. The molecule has 0 aliphatic carbocycles. The van der Waals surface area contributed by atoms with Crippen molar-refractivity contribution in [2.75, 3.05) is 19.6 Å². The predicted molar refractivity (Wildman–Crippen MR) is 78.2 cm³/mol. The molecule has 0 spiro atoms. The number of hydrogen-bond donors (Lipinski definition) is 3.